The summed E-state index contributed by atoms with van der Waals surface area (Å²) in [6.45, 7) is 5.39. The topological polar surface area (TPSA) is 61.4 Å². The number of anilines is 2. The molecule has 38 heavy (non-hydrogen) atoms. The third-order valence-electron chi connectivity index (χ3n) is 6.72. The highest BCUT2D eigenvalue weighted by Crippen LogP contribution is 2.31. The van der Waals surface area contributed by atoms with E-state index in [1.54, 1.807) is 12.1 Å². The Morgan fingerprint density at radius 2 is 1.58 bits per heavy atom. The van der Waals surface area contributed by atoms with Crippen LogP contribution in [0.2, 0.25) is 0 Å². The lowest BCUT2D eigenvalue weighted by atomic mass is 9.89. The minimum absolute atomic E-state index is 0.0719. The number of carbonyl (C=O) groups is 2. The zero-order valence-corrected chi connectivity index (χ0v) is 21.5. The molecule has 0 bridgehead atoms. The molecule has 1 aliphatic heterocycles. The number of nitrogens with zero attached hydrogens (tertiary/aromatic N) is 1. The lowest BCUT2D eigenvalue weighted by Crippen LogP contribution is -2.37. The fourth-order valence-electron chi connectivity index (χ4n) is 4.75. The number of carbonyl (C=O) groups excluding carboxylic acids is 2. The summed E-state index contributed by atoms with van der Waals surface area (Å²) in [5.41, 5.74) is 2.25. The average Bonchev–Trinajstić information content (AvgIpc) is 2.89. The molecule has 8 heteroatoms. The molecule has 1 saturated heterocycles. The Bertz CT molecular complexity index is 1250. The van der Waals surface area contributed by atoms with E-state index in [0.717, 1.165) is 62.3 Å². The van der Waals surface area contributed by atoms with Gasteiger partial charge in [0.2, 0.25) is 0 Å². The fourth-order valence-corrected chi connectivity index (χ4v) is 4.75. The van der Waals surface area contributed by atoms with Gasteiger partial charge in [0.25, 0.3) is 11.8 Å². The normalized spacial score (nSPS) is 14.4. The second kappa shape index (κ2) is 11.7. The van der Waals surface area contributed by atoms with Crippen molar-refractivity contribution >= 4 is 23.2 Å². The van der Waals surface area contributed by atoms with Crippen LogP contribution in [0.4, 0.5) is 24.5 Å². The molecule has 3 aromatic rings. The highest BCUT2D eigenvalue weighted by molar-refractivity contribution is 6.06. The van der Waals surface area contributed by atoms with E-state index in [1.807, 2.05) is 26.0 Å². The van der Waals surface area contributed by atoms with Crippen molar-refractivity contribution in [2.45, 2.75) is 45.3 Å². The van der Waals surface area contributed by atoms with Crippen LogP contribution in [0.5, 0.6) is 0 Å². The predicted molar refractivity (Wildman–Crippen MR) is 144 cm³/mol. The minimum atomic E-state index is -4.47. The van der Waals surface area contributed by atoms with Gasteiger partial charge in [0.1, 0.15) is 0 Å². The van der Waals surface area contributed by atoms with Crippen LogP contribution in [0.3, 0.4) is 0 Å². The van der Waals surface area contributed by atoms with Gasteiger partial charge in [-0.3, -0.25) is 9.59 Å². The molecule has 1 aliphatic rings. The Balaban J connectivity index is 1.49. The van der Waals surface area contributed by atoms with Crippen LogP contribution in [-0.4, -0.2) is 30.9 Å². The van der Waals surface area contributed by atoms with E-state index in [4.69, 9.17) is 0 Å². The van der Waals surface area contributed by atoms with E-state index in [-0.39, 0.29) is 17.5 Å². The van der Waals surface area contributed by atoms with Crippen LogP contribution >= 0.6 is 0 Å². The second-order valence-corrected chi connectivity index (χ2v) is 10.0. The first-order valence-electron chi connectivity index (χ1n) is 12.8. The molecule has 0 unspecified atom stereocenters. The summed E-state index contributed by atoms with van der Waals surface area (Å²) >= 11 is 0. The van der Waals surface area contributed by atoms with Gasteiger partial charge in [0, 0.05) is 36.1 Å². The molecule has 0 saturated carbocycles. The van der Waals surface area contributed by atoms with E-state index in [0.29, 0.717) is 17.2 Å². The standard InChI is InChI=1S/C30H32F3N3O2/c1-20(2)34-29(38)26-19-25(35-28(37)23-8-10-24(11-9-23)30(31,32)33)12-13-27(26)36-16-14-22(15-17-36)18-21-6-4-3-5-7-21/h3-13,19-20,22H,14-18H2,1-2H3,(H,34,38)(H,35,37). The molecule has 1 heterocycles. The molecule has 3 aromatic carbocycles. The summed E-state index contributed by atoms with van der Waals surface area (Å²) in [5, 5.41) is 5.64. The molecule has 0 aromatic heterocycles. The third kappa shape index (κ3) is 6.94. The van der Waals surface area contributed by atoms with E-state index in [9.17, 15) is 22.8 Å². The lowest BCUT2D eigenvalue weighted by Gasteiger charge is -2.35. The van der Waals surface area contributed by atoms with Crippen molar-refractivity contribution < 1.29 is 22.8 Å². The Kier molecular flexibility index (Phi) is 8.39. The average molecular weight is 524 g/mol. The zero-order chi connectivity index (χ0) is 27.3. The van der Waals surface area contributed by atoms with E-state index >= 15 is 0 Å². The summed E-state index contributed by atoms with van der Waals surface area (Å²) in [6.07, 6.45) is -1.43. The molecule has 5 nitrogen and oxygen atoms in total. The number of benzene rings is 3. The van der Waals surface area contributed by atoms with Gasteiger partial charge in [-0.1, -0.05) is 30.3 Å². The van der Waals surface area contributed by atoms with Crippen LogP contribution in [0.15, 0.2) is 72.8 Å². The highest BCUT2D eigenvalue weighted by atomic mass is 19.4. The van der Waals surface area contributed by atoms with Gasteiger partial charge >= 0.3 is 6.18 Å². The summed E-state index contributed by atoms with van der Waals surface area (Å²) in [4.78, 5) is 28.0. The number of hydrogen-bond donors (Lipinski definition) is 2. The number of alkyl halides is 3. The van der Waals surface area contributed by atoms with Gasteiger partial charge in [-0.2, -0.15) is 13.2 Å². The summed E-state index contributed by atoms with van der Waals surface area (Å²) in [7, 11) is 0. The largest absolute Gasteiger partial charge is 0.416 e. The van der Waals surface area contributed by atoms with Crippen molar-refractivity contribution in [1.82, 2.24) is 5.32 Å². The minimum Gasteiger partial charge on any atom is -0.371 e. The maximum atomic E-state index is 13.1. The number of amides is 2. The first kappa shape index (κ1) is 27.2. The number of piperidine rings is 1. The number of nitrogens with one attached hydrogen (secondary N) is 2. The van der Waals surface area contributed by atoms with E-state index in [2.05, 4.69) is 39.8 Å². The second-order valence-electron chi connectivity index (χ2n) is 10.0. The fraction of sp³-hybridized carbons (Fsp3) is 0.333. The van der Waals surface area contributed by atoms with Gasteiger partial charge in [0.15, 0.2) is 0 Å². The van der Waals surface area contributed by atoms with Crippen LogP contribution < -0.4 is 15.5 Å². The van der Waals surface area contributed by atoms with Crippen molar-refractivity contribution in [2.75, 3.05) is 23.3 Å². The van der Waals surface area contributed by atoms with Gasteiger partial charge in [-0.25, -0.2) is 0 Å². The van der Waals surface area contributed by atoms with Gasteiger partial charge in [-0.05, 0) is 87.1 Å². The molecule has 4 rings (SSSR count). The molecule has 2 N–H and O–H groups in total. The molecule has 0 atom stereocenters. The van der Waals surface area contributed by atoms with Crippen molar-refractivity contribution in [1.29, 1.82) is 0 Å². The SMILES string of the molecule is CC(C)NC(=O)c1cc(NC(=O)c2ccc(C(F)(F)F)cc2)ccc1N1CCC(Cc2ccccc2)CC1. The first-order valence-corrected chi connectivity index (χ1v) is 12.8. The molecule has 2 amide bonds. The maximum absolute atomic E-state index is 13.1. The Hall–Kier alpha value is -3.81. The molecular formula is C30H32F3N3O2. The monoisotopic (exact) mass is 523 g/mol. The summed E-state index contributed by atoms with van der Waals surface area (Å²) in [6, 6.07) is 19.6. The lowest BCUT2D eigenvalue weighted by molar-refractivity contribution is -0.137. The molecule has 0 radical (unpaired) electrons. The first-order chi connectivity index (χ1) is 18.1. The Morgan fingerprint density at radius 3 is 2.18 bits per heavy atom. The number of hydrogen-bond acceptors (Lipinski definition) is 3. The highest BCUT2D eigenvalue weighted by Gasteiger charge is 2.30. The number of halogens is 3. The predicted octanol–water partition coefficient (Wildman–Crippen LogP) is 6.56. The summed E-state index contributed by atoms with van der Waals surface area (Å²) in [5.74, 6) is -0.223. The van der Waals surface area contributed by atoms with E-state index in [1.165, 1.54) is 5.56 Å². The Labute approximate surface area is 221 Å². The number of rotatable bonds is 7. The van der Waals surface area contributed by atoms with E-state index < -0.39 is 17.6 Å². The molecular weight excluding hydrogens is 491 g/mol. The van der Waals surface area contributed by atoms with Crippen molar-refractivity contribution in [3.05, 3.63) is 95.1 Å². The van der Waals surface area contributed by atoms with Gasteiger partial charge in [-0.15, -0.1) is 0 Å². The maximum Gasteiger partial charge on any atom is 0.416 e. The van der Waals surface area contributed by atoms with Crippen molar-refractivity contribution in [2.24, 2.45) is 5.92 Å². The van der Waals surface area contributed by atoms with Crippen LogP contribution in [0.1, 0.15) is 58.5 Å². The van der Waals surface area contributed by atoms with Crippen molar-refractivity contribution in [3.8, 4) is 0 Å². The van der Waals surface area contributed by atoms with Crippen LogP contribution in [0.25, 0.3) is 0 Å². The quantitative estimate of drug-likeness (QED) is 0.369. The molecule has 200 valence electrons. The van der Waals surface area contributed by atoms with Gasteiger partial charge in [0.05, 0.1) is 11.1 Å². The van der Waals surface area contributed by atoms with Crippen molar-refractivity contribution in [3.63, 3.8) is 0 Å². The van der Waals surface area contributed by atoms with Crippen LogP contribution in [0, 0.1) is 5.92 Å². The van der Waals surface area contributed by atoms with Crippen LogP contribution in [-0.2, 0) is 12.6 Å². The molecule has 0 spiro atoms. The smallest absolute Gasteiger partial charge is 0.371 e. The third-order valence-corrected chi connectivity index (χ3v) is 6.72. The Morgan fingerprint density at radius 1 is 0.921 bits per heavy atom. The van der Waals surface area contributed by atoms with Gasteiger partial charge < -0.3 is 15.5 Å². The molecule has 0 aliphatic carbocycles. The molecule has 1 fully saturated rings. The summed E-state index contributed by atoms with van der Waals surface area (Å²) < 4.78 is 38.5. The zero-order valence-electron chi connectivity index (χ0n) is 21.5.